The van der Waals surface area contributed by atoms with Crippen LogP contribution in [0.4, 0.5) is 5.69 Å². The van der Waals surface area contributed by atoms with E-state index in [1.165, 1.54) is 0 Å². The van der Waals surface area contributed by atoms with E-state index in [2.05, 4.69) is 36.3 Å². The summed E-state index contributed by atoms with van der Waals surface area (Å²) in [5.74, 6) is 1.24. The van der Waals surface area contributed by atoms with Crippen LogP contribution in [0.3, 0.4) is 0 Å². The molecule has 0 aliphatic heterocycles. The van der Waals surface area contributed by atoms with Gasteiger partial charge in [0, 0.05) is 16.7 Å². The maximum absolute atomic E-state index is 12.9. The lowest BCUT2D eigenvalue weighted by molar-refractivity contribution is 0.102. The molecule has 0 fully saturated rings. The van der Waals surface area contributed by atoms with E-state index in [1.807, 2.05) is 48.5 Å². The molecule has 162 valence electrons. The number of nitrogens with one attached hydrogen (secondary N) is 1. The topological polar surface area (TPSA) is 77.2 Å². The van der Waals surface area contributed by atoms with Crippen LogP contribution in [0.25, 0.3) is 22.9 Å². The average Bonchev–Trinajstić information content (AvgIpc) is 3.29. The van der Waals surface area contributed by atoms with Crippen molar-refractivity contribution >= 4 is 11.6 Å². The van der Waals surface area contributed by atoms with Crippen molar-refractivity contribution in [3.05, 3.63) is 83.9 Å². The van der Waals surface area contributed by atoms with Crippen molar-refractivity contribution in [2.45, 2.75) is 26.2 Å². The van der Waals surface area contributed by atoms with Gasteiger partial charge in [0.05, 0.1) is 12.8 Å². The van der Waals surface area contributed by atoms with E-state index in [-0.39, 0.29) is 11.3 Å². The molecular formula is C26H25N3O3. The van der Waals surface area contributed by atoms with Crippen molar-refractivity contribution < 1.29 is 13.9 Å². The first-order valence-electron chi connectivity index (χ1n) is 10.3. The van der Waals surface area contributed by atoms with Gasteiger partial charge in [0.1, 0.15) is 5.75 Å². The number of anilines is 1. The maximum Gasteiger partial charge on any atom is 0.255 e. The van der Waals surface area contributed by atoms with Crippen molar-refractivity contribution in [3.8, 4) is 28.7 Å². The SMILES string of the molecule is COc1ccc(C(C)(C)C)cc1NC(=O)c1ccc(-c2nnc(-c3ccccc3)o2)cc1. The highest BCUT2D eigenvalue weighted by Crippen LogP contribution is 2.32. The Bertz CT molecular complexity index is 1220. The lowest BCUT2D eigenvalue weighted by Gasteiger charge is -2.21. The minimum absolute atomic E-state index is 0.0456. The van der Waals surface area contributed by atoms with Crippen LogP contribution in [0.2, 0.25) is 0 Å². The fraction of sp³-hybridized carbons (Fsp3) is 0.192. The predicted molar refractivity (Wildman–Crippen MR) is 125 cm³/mol. The summed E-state index contributed by atoms with van der Waals surface area (Å²) in [5, 5.41) is 11.2. The zero-order valence-electron chi connectivity index (χ0n) is 18.5. The Morgan fingerprint density at radius 3 is 2.09 bits per heavy atom. The van der Waals surface area contributed by atoms with Crippen LogP contribution in [0.15, 0.2) is 77.2 Å². The van der Waals surface area contributed by atoms with E-state index in [0.29, 0.717) is 28.8 Å². The molecule has 0 spiro atoms. The van der Waals surface area contributed by atoms with Gasteiger partial charge in [0.15, 0.2) is 0 Å². The van der Waals surface area contributed by atoms with Crippen LogP contribution in [0, 0.1) is 0 Å². The molecule has 0 atom stereocenters. The molecular weight excluding hydrogens is 402 g/mol. The first-order chi connectivity index (χ1) is 15.3. The molecule has 0 aliphatic rings. The summed E-state index contributed by atoms with van der Waals surface area (Å²) in [5.41, 5.74) is 3.81. The molecule has 32 heavy (non-hydrogen) atoms. The second kappa shape index (κ2) is 8.67. The Morgan fingerprint density at radius 2 is 1.50 bits per heavy atom. The smallest absolute Gasteiger partial charge is 0.255 e. The monoisotopic (exact) mass is 427 g/mol. The standard InChI is InChI=1S/C26H25N3O3/c1-26(2,3)20-14-15-22(31-4)21(16-20)27-23(30)17-10-12-19(13-11-17)25-29-28-24(32-25)18-8-6-5-7-9-18/h5-16H,1-4H3,(H,27,30). The summed E-state index contributed by atoms with van der Waals surface area (Å²) in [7, 11) is 1.59. The summed E-state index contributed by atoms with van der Waals surface area (Å²) >= 11 is 0. The lowest BCUT2D eigenvalue weighted by atomic mass is 9.87. The van der Waals surface area contributed by atoms with Gasteiger partial charge in [-0.25, -0.2) is 0 Å². The molecule has 0 unspecified atom stereocenters. The fourth-order valence-electron chi connectivity index (χ4n) is 3.27. The van der Waals surface area contributed by atoms with Gasteiger partial charge in [0.2, 0.25) is 11.8 Å². The molecule has 6 nitrogen and oxygen atoms in total. The normalized spacial score (nSPS) is 11.2. The molecule has 0 radical (unpaired) electrons. The Balaban J connectivity index is 1.53. The Hall–Kier alpha value is -3.93. The van der Waals surface area contributed by atoms with E-state index in [1.54, 1.807) is 31.4 Å². The zero-order valence-corrected chi connectivity index (χ0v) is 18.5. The Morgan fingerprint density at radius 1 is 0.875 bits per heavy atom. The minimum Gasteiger partial charge on any atom is -0.495 e. The highest BCUT2D eigenvalue weighted by Gasteiger charge is 2.18. The van der Waals surface area contributed by atoms with Crippen molar-refractivity contribution in [1.29, 1.82) is 0 Å². The number of carbonyl (C=O) groups excluding carboxylic acids is 1. The van der Waals surface area contributed by atoms with Crippen LogP contribution in [-0.4, -0.2) is 23.2 Å². The maximum atomic E-state index is 12.9. The van der Waals surface area contributed by atoms with Crippen molar-refractivity contribution in [2.24, 2.45) is 0 Å². The third-order valence-corrected chi connectivity index (χ3v) is 5.15. The second-order valence-electron chi connectivity index (χ2n) is 8.47. The van der Waals surface area contributed by atoms with Gasteiger partial charge in [-0.3, -0.25) is 4.79 Å². The van der Waals surface area contributed by atoms with Crippen LogP contribution >= 0.6 is 0 Å². The molecule has 6 heteroatoms. The molecule has 0 aliphatic carbocycles. The molecule has 3 aromatic carbocycles. The quantitative estimate of drug-likeness (QED) is 0.425. The van der Waals surface area contributed by atoms with E-state index >= 15 is 0 Å². The zero-order chi connectivity index (χ0) is 22.7. The summed E-state index contributed by atoms with van der Waals surface area (Å²) in [4.78, 5) is 12.9. The Kier molecular flexibility index (Phi) is 5.77. The summed E-state index contributed by atoms with van der Waals surface area (Å²) < 4.78 is 11.2. The van der Waals surface area contributed by atoms with Gasteiger partial charge in [-0.2, -0.15) is 0 Å². The summed E-state index contributed by atoms with van der Waals surface area (Å²) in [6, 6.07) is 22.5. The van der Waals surface area contributed by atoms with Gasteiger partial charge in [-0.1, -0.05) is 45.0 Å². The number of amides is 1. The van der Waals surface area contributed by atoms with E-state index in [4.69, 9.17) is 9.15 Å². The third-order valence-electron chi connectivity index (χ3n) is 5.15. The van der Waals surface area contributed by atoms with Gasteiger partial charge < -0.3 is 14.5 Å². The molecule has 0 saturated heterocycles. The number of nitrogens with zero attached hydrogens (tertiary/aromatic N) is 2. The van der Waals surface area contributed by atoms with Gasteiger partial charge >= 0.3 is 0 Å². The molecule has 0 saturated carbocycles. The van der Waals surface area contributed by atoms with Crippen LogP contribution in [-0.2, 0) is 5.41 Å². The van der Waals surface area contributed by atoms with E-state index < -0.39 is 0 Å². The molecule has 4 rings (SSSR count). The molecule has 0 bridgehead atoms. The van der Waals surface area contributed by atoms with E-state index in [0.717, 1.165) is 16.7 Å². The van der Waals surface area contributed by atoms with Crippen molar-refractivity contribution in [1.82, 2.24) is 10.2 Å². The minimum atomic E-state index is -0.226. The third kappa shape index (κ3) is 4.54. The molecule has 4 aromatic rings. The molecule has 1 heterocycles. The summed E-state index contributed by atoms with van der Waals surface area (Å²) in [6.45, 7) is 6.37. The lowest BCUT2D eigenvalue weighted by Crippen LogP contribution is -2.15. The average molecular weight is 428 g/mol. The molecule has 1 N–H and O–H groups in total. The largest absolute Gasteiger partial charge is 0.495 e. The van der Waals surface area contributed by atoms with Crippen LogP contribution in [0.5, 0.6) is 5.75 Å². The van der Waals surface area contributed by atoms with Gasteiger partial charge in [-0.05, 0) is 59.5 Å². The van der Waals surface area contributed by atoms with Gasteiger partial charge in [0.25, 0.3) is 5.91 Å². The number of benzene rings is 3. The first kappa shape index (κ1) is 21.3. The number of aromatic nitrogens is 2. The molecule has 1 aromatic heterocycles. The van der Waals surface area contributed by atoms with Crippen molar-refractivity contribution in [2.75, 3.05) is 12.4 Å². The number of ether oxygens (including phenoxy) is 1. The highest BCUT2D eigenvalue weighted by atomic mass is 16.5. The summed E-state index contributed by atoms with van der Waals surface area (Å²) in [6.07, 6.45) is 0. The fourth-order valence-corrected chi connectivity index (χ4v) is 3.27. The van der Waals surface area contributed by atoms with E-state index in [9.17, 15) is 4.79 Å². The van der Waals surface area contributed by atoms with Gasteiger partial charge in [-0.15, -0.1) is 10.2 Å². The van der Waals surface area contributed by atoms with Crippen LogP contribution in [0.1, 0.15) is 36.7 Å². The Labute approximate surface area is 187 Å². The second-order valence-corrected chi connectivity index (χ2v) is 8.47. The number of carbonyl (C=O) groups is 1. The highest BCUT2D eigenvalue weighted by molar-refractivity contribution is 6.05. The first-order valence-corrected chi connectivity index (χ1v) is 10.3. The predicted octanol–water partition coefficient (Wildman–Crippen LogP) is 5.96. The number of hydrogen-bond donors (Lipinski definition) is 1. The van der Waals surface area contributed by atoms with Crippen molar-refractivity contribution in [3.63, 3.8) is 0 Å². The number of methoxy groups -OCH3 is 1. The number of rotatable bonds is 5. The number of hydrogen-bond acceptors (Lipinski definition) is 5. The van der Waals surface area contributed by atoms with Crippen LogP contribution < -0.4 is 10.1 Å². The molecule has 1 amide bonds.